The number of carbonyl (C=O) groups is 4. The molecular formula is C9H15NO7. The van der Waals surface area contributed by atoms with Crippen molar-refractivity contribution in [3.8, 4) is 0 Å². The highest BCUT2D eigenvalue weighted by atomic mass is 16.6. The lowest BCUT2D eigenvalue weighted by molar-refractivity contribution is -0.158. The molecule has 0 saturated carbocycles. The highest BCUT2D eigenvalue weighted by molar-refractivity contribution is 5.84. The molecule has 0 aliphatic heterocycles. The topological polar surface area (TPSA) is 144 Å². The molecule has 17 heavy (non-hydrogen) atoms. The van der Waals surface area contributed by atoms with E-state index in [-0.39, 0.29) is 12.8 Å². The first-order valence-corrected chi connectivity index (χ1v) is 4.56. The Bertz CT molecular complexity index is 296. The number of hydrogen-bond acceptors (Lipinski definition) is 6. The van der Waals surface area contributed by atoms with Gasteiger partial charge in [0.05, 0.1) is 0 Å². The Hall–Kier alpha value is -1.96. The maximum atomic E-state index is 10.7. The molecule has 0 amide bonds. The van der Waals surface area contributed by atoms with Gasteiger partial charge in [0, 0.05) is 20.3 Å². The summed E-state index contributed by atoms with van der Waals surface area (Å²) in [6.45, 7) is 2.18. The molecule has 0 rings (SSSR count). The molecule has 0 heterocycles. The average Bonchev–Trinajstić information content (AvgIpc) is 2.11. The number of carboxylic acid groups (broad SMARTS) is 2. The Morgan fingerprint density at radius 3 is 1.88 bits per heavy atom. The van der Waals surface area contributed by atoms with Gasteiger partial charge in [0.1, 0.15) is 6.04 Å². The van der Waals surface area contributed by atoms with Crippen LogP contribution in [0.25, 0.3) is 0 Å². The zero-order valence-corrected chi connectivity index (χ0v) is 9.50. The van der Waals surface area contributed by atoms with Crippen molar-refractivity contribution in [1.82, 2.24) is 0 Å². The van der Waals surface area contributed by atoms with Crippen LogP contribution in [0.2, 0.25) is 0 Å². The van der Waals surface area contributed by atoms with E-state index in [4.69, 9.17) is 20.7 Å². The Kier molecular flexibility index (Phi) is 9.52. The molecule has 8 nitrogen and oxygen atoms in total. The van der Waals surface area contributed by atoms with E-state index < -0.39 is 29.9 Å². The zero-order valence-electron chi connectivity index (χ0n) is 9.50. The van der Waals surface area contributed by atoms with E-state index >= 15 is 0 Å². The fraction of sp³-hybridized carbons (Fsp3) is 0.556. The lowest BCUT2D eigenvalue weighted by Crippen LogP contribution is -2.30. The van der Waals surface area contributed by atoms with Crippen molar-refractivity contribution in [2.75, 3.05) is 0 Å². The van der Waals surface area contributed by atoms with Crippen molar-refractivity contribution >= 4 is 23.9 Å². The zero-order chi connectivity index (χ0) is 14.0. The van der Waals surface area contributed by atoms with Crippen LogP contribution in [0.5, 0.6) is 0 Å². The molecule has 0 aromatic heterocycles. The van der Waals surface area contributed by atoms with Crippen molar-refractivity contribution in [3.63, 3.8) is 0 Å². The predicted molar refractivity (Wildman–Crippen MR) is 54.9 cm³/mol. The standard InChI is InChI=1S/C7H11NO5.C2H4O2/c1-4(9)13-6(10)3-2-5(8)7(11)12;1-2(3)4/h5H,2-3,8H2,1H3,(H,11,12);1H3,(H,3,4)/t5-;/m0./s1. The maximum absolute atomic E-state index is 10.7. The van der Waals surface area contributed by atoms with E-state index in [9.17, 15) is 14.4 Å². The van der Waals surface area contributed by atoms with Crippen molar-refractivity contribution in [1.29, 1.82) is 0 Å². The fourth-order valence-electron chi connectivity index (χ4n) is 0.608. The minimum Gasteiger partial charge on any atom is -0.481 e. The normalized spacial score (nSPS) is 10.5. The van der Waals surface area contributed by atoms with Crippen LogP contribution in [0, 0.1) is 0 Å². The van der Waals surface area contributed by atoms with Gasteiger partial charge in [-0.25, -0.2) is 0 Å². The van der Waals surface area contributed by atoms with Crippen LogP contribution in [0.15, 0.2) is 0 Å². The van der Waals surface area contributed by atoms with E-state index in [1.165, 1.54) is 0 Å². The molecule has 0 unspecified atom stereocenters. The molecule has 0 saturated heterocycles. The molecule has 0 spiro atoms. The van der Waals surface area contributed by atoms with Gasteiger partial charge >= 0.3 is 17.9 Å². The second-order valence-corrected chi connectivity index (χ2v) is 2.97. The third-order valence-electron chi connectivity index (χ3n) is 1.23. The van der Waals surface area contributed by atoms with Gasteiger partial charge in [0.2, 0.25) is 0 Å². The smallest absolute Gasteiger partial charge is 0.320 e. The summed E-state index contributed by atoms with van der Waals surface area (Å²) in [6.07, 6.45) is -0.214. The Balaban J connectivity index is 0. The van der Waals surface area contributed by atoms with Gasteiger partial charge in [-0.3, -0.25) is 19.2 Å². The number of aliphatic carboxylic acids is 2. The number of carbonyl (C=O) groups excluding carboxylic acids is 2. The van der Waals surface area contributed by atoms with Gasteiger partial charge in [-0.1, -0.05) is 0 Å². The summed E-state index contributed by atoms with van der Waals surface area (Å²) < 4.78 is 4.15. The van der Waals surface area contributed by atoms with Crippen LogP contribution in [0.3, 0.4) is 0 Å². The van der Waals surface area contributed by atoms with Crippen LogP contribution >= 0.6 is 0 Å². The Morgan fingerprint density at radius 2 is 1.59 bits per heavy atom. The number of hydrogen-bond donors (Lipinski definition) is 3. The van der Waals surface area contributed by atoms with Gasteiger partial charge in [-0.2, -0.15) is 0 Å². The van der Waals surface area contributed by atoms with Gasteiger partial charge < -0.3 is 20.7 Å². The lowest BCUT2D eigenvalue weighted by Gasteiger charge is -2.04. The minimum absolute atomic E-state index is 0.0402. The van der Waals surface area contributed by atoms with Crippen LogP contribution in [-0.4, -0.2) is 40.1 Å². The van der Waals surface area contributed by atoms with E-state index in [1.807, 2.05) is 0 Å². The molecule has 1 atom stereocenters. The van der Waals surface area contributed by atoms with Crippen LogP contribution in [0.1, 0.15) is 26.7 Å². The number of nitrogens with two attached hydrogens (primary N) is 1. The molecule has 4 N–H and O–H groups in total. The van der Waals surface area contributed by atoms with Crippen LogP contribution < -0.4 is 5.73 Å². The van der Waals surface area contributed by atoms with Gasteiger partial charge in [0.25, 0.3) is 5.97 Å². The summed E-state index contributed by atoms with van der Waals surface area (Å²) >= 11 is 0. The SMILES string of the molecule is CC(=O)O.CC(=O)OC(=O)CC[C@H](N)C(=O)O. The Morgan fingerprint density at radius 1 is 1.18 bits per heavy atom. The largest absolute Gasteiger partial charge is 0.481 e. The van der Waals surface area contributed by atoms with E-state index in [1.54, 1.807) is 0 Å². The van der Waals surface area contributed by atoms with Crippen molar-refractivity contribution in [3.05, 3.63) is 0 Å². The van der Waals surface area contributed by atoms with Crippen LogP contribution in [0.4, 0.5) is 0 Å². The number of rotatable bonds is 4. The first-order valence-electron chi connectivity index (χ1n) is 4.56. The number of carboxylic acids is 2. The molecule has 0 fully saturated rings. The molecule has 0 aliphatic carbocycles. The average molecular weight is 249 g/mol. The summed E-state index contributed by atoms with van der Waals surface area (Å²) in [5, 5.41) is 15.7. The molecular weight excluding hydrogens is 234 g/mol. The van der Waals surface area contributed by atoms with Crippen molar-refractivity contribution in [2.45, 2.75) is 32.7 Å². The predicted octanol–water partition coefficient (Wildman–Crippen LogP) is -0.641. The van der Waals surface area contributed by atoms with Gasteiger partial charge in [-0.05, 0) is 6.42 Å². The second-order valence-electron chi connectivity index (χ2n) is 2.97. The summed E-state index contributed by atoms with van der Waals surface area (Å²) in [5.74, 6) is -3.49. The lowest BCUT2D eigenvalue weighted by atomic mass is 10.2. The fourth-order valence-corrected chi connectivity index (χ4v) is 0.608. The van der Waals surface area contributed by atoms with E-state index in [0.29, 0.717) is 0 Å². The van der Waals surface area contributed by atoms with E-state index in [0.717, 1.165) is 13.8 Å². The number of ether oxygens (including phenoxy) is 1. The second kappa shape index (κ2) is 9.28. The van der Waals surface area contributed by atoms with Crippen LogP contribution in [-0.2, 0) is 23.9 Å². The minimum atomic E-state index is -1.18. The highest BCUT2D eigenvalue weighted by Crippen LogP contribution is 1.97. The molecule has 0 aromatic rings. The molecule has 0 bridgehead atoms. The quantitative estimate of drug-likeness (QED) is 0.440. The monoisotopic (exact) mass is 249 g/mol. The first kappa shape index (κ1) is 17.4. The maximum Gasteiger partial charge on any atom is 0.320 e. The highest BCUT2D eigenvalue weighted by Gasteiger charge is 2.14. The molecule has 0 radical (unpaired) electrons. The first-order chi connectivity index (χ1) is 7.66. The molecule has 0 aromatic carbocycles. The number of esters is 2. The van der Waals surface area contributed by atoms with Gasteiger partial charge in [0.15, 0.2) is 0 Å². The van der Waals surface area contributed by atoms with E-state index in [2.05, 4.69) is 4.74 Å². The summed E-state index contributed by atoms with van der Waals surface area (Å²) in [7, 11) is 0. The van der Waals surface area contributed by atoms with Gasteiger partial charge in [-0.15, -0.1) is 0 Å². The molecule has 98 valence electrons. The summed E-state index contributed by atoms with van der Waals surface area (Å²) in [6, 6.07) is -1.10. The Labute approximate surface area is 97.4 Å². The van der Waals surface area contributed by atoms with Crippen molar-refractivity contribution in [2.24, 2.45) is 5.73 Å². The van der Waals surface area contributed by atoms with Crippen molar-refractivity contribution < 1.29 is 34.1 Å². The summed E-state index contributed by atoms with van der Waals surface area (Å²) in [5.41, 5.74) is 5.10. The summed E-state index contributed by atoms with van der Waals surface area (Å²) in [4.78, 5) is 40.1. The third kappa shape index (κ3) is 16.7. The molecule has 0 aliphatic rings. The molecule has 8 heteroatoms. The third-order valence-corrected chi connectivity index (χ3v) is 1.23.